The van der Waals surface area contributed by atoms with Gasteiger partial charge in [0.05, 0.1) is 36.3 Å². The van der Waals surface area contributed by atoms with E-state index in [-0.39, 0.29) is 11.9 Å². The van der Waals surface area contributed by atoms with Crippen LogP contribution in [0.1, 0.15) is 24.5 Å². The smallest absolute Gasteiger partial charge is 0.247 e. The zero-order chi connectivity index (χ0) is 30.7. The van der Waals surface area contributed by atoms with Crippen molar-refractivity contribution >= 4 is 51.3 Å². The van der Waals surface area contributed by atoms with Gasteiger partial charge < -0.3 is 30.3 Å². The van der Waals surface area contributed by atoms with Crippen molar-refractivity contribution < 1.29 is 14.3 Å². The summed E-state index contributed by atoms with van der Waals surface area (Å²) in [6.45, 7) is 9.52. The molecule has 10 heteroatoms. The zero-order valence-corrected chi connectivity index (χ0v) is 25.9. The van der Waals surface area contributed by atoms with E-state index in [1.165, 1.54) is 6.08 Å². The summed E-state index contributed by atoms with van der Waals surface area (Å²) in [6, 6.07) is 11.7. The molecule has 1 aliphatic heterocycles. The lowest BCUT2D eigenvalue weighted by Crippen LogP contribution is -2.24. The molecule has 2 aromatic heterocycles. The fourth-order valence-electron chi connectivity index (χ4n) is 5.55. The van der Waals surface area contributed by atoms with Crippen molar-refractivity contribution in [3.8, 4) is 22.8 Å². The van der Waals surface area contributed by atoms with Crippen LogP contribution in [0.2, 0.25) is 5.02 Å². The number of fused-ring (bicyclic) bond motifs is 1. The number of anilines is 4. The molecule has 5 rings (SSSR count). The largest absolute Gasteiger partial charge is 0.496 e. The summed E-state index contributed by atoms with van der Waals surface area (Å²) in [5, 5.41) is 12.3. The molecule has 1 amide bonds. The summed E-state index contributed by atoms with van der Waals surface area (Å²) >= 11 is 6.93. The summed E-state index contributed by atoms with van der Waals surface area (Å²) < 4.78 is 11.3. The molecule has 1 aliphatic rings. The maximum Gasteiger partial charge on any atom is 0.247 e. The number of carbonyl (C=O) groups is 1. The standard InChI is InChI=1S/C33H37ClN6O3/c1-7-22-26(42-5)16-27(43-6)31(34)30(22)25-14-20-17-35-28(15-23(20)33(38-25)36-21-12-13-40(4)18-21)39-32-19(3)10-9-11-24(32)37-29(41)8-2/h8-11,14-17,21H,2,7,12-13,18H2,1,3-6H3,(H,35,39)(H,36,38)(H,37,41). The van der Waals surface area contributed by atoms with Gasteiger partial charge in [0.25, 0.3) is 0 Å². The van der Waals surface area contributed by atoms with E-state index in [1.807, 2.05) is 49.5 Å². The normalized spacial score (nSPS) is 14.9. The van der Waals surface area contributed by atoms with Crippen LogP contribution in [0.4, 0.5) is 23.0 Å². The molecule has 0 saturated carbocycles. The van der Waals surface area contributed by atoms with Crippen LogP contribution in [0.3, 0.4) is 0 Å². The first-order valence-electron chi connectivity index (χ1n) is 14.3. The maximum absolute atomic E-state index is 12.1. The Morgan fingerprint density at radius 1 is 1.21 bits per heavy atom. The molecule has 0 aliphatic carbocycles. The molecular weight excluding hydrogens is 564 g/mol. The Bertz CT molecular complexity index is 1690. The fraction of sp³-hybridized carbons (Fsp3) is 0.303. The highest BCUT2D eigenvalue weighted by atomic mass is 35.5. The van der Waals surface area contributed by atoms with Crippen molar-refractivity contribution in [1.82, 2.24) is 14.9 Å². The first kappa shape index (κ1) is 30.1. The van der Waals surface area contributed by atoms with E-state index in [2.05, 4.69) is 41.4 Å². The summed E-state index contributed by atoms with van der Waals surface area (Å²) in [7, 11) is 5.36. The van der Waals surface area contributed by atoms with Crippen molar-refractivity contribution in [2.45, 2.75) is 32.7 Å². The predicted molar refractivity (Wildman–Crippen MR) is 175 cm³/mol. The van der Waals surface area contributed by atoms with Gasteiger partial charge in [-0.05, 0) is 63.2 Å². The van der Waals surface area contributed by atoms with E-state index in [0.717, 1.165) is 58.5 Å². The minimum Gasteiger partial charge on any atom is -0.496 e. The van der Waals surface area contributed by atoms with E-state index in [9.17, 15) is 4.79 Å². The lowest BCUT2D eigenvalue weighted by molar-refractivity contribution is -0.111. The highest BCUT2D eigenvalue weighted by molar-refractivity contribution is 6.35. The van der Waals surface area contributed by atoms with E-state index in [4.69, 9.17) is 31.0 Å². The monoisotopic (exact) mass is 600 g/mol. The average molecular weight is 601 g/mol. The number of rotatable bonds is 10. The number of nitrogens with zero attached hydrogens (tertiary/aromatic N) is 3. The number of para-hydroxylation sites is 1. The minimum atomic E-state index is -0.288. The first-order chi connectivity index (χ1) is 20.8. The van der Waals surface area contributed by atoms with Gasteiger partial charge in [-0.2, -0.15) is 0 Å². The number of nitrogens with one attached hydrogen (secondary N) is 3. The summed E-state index contributed by atoms with van der Waals surface area (Å²) in [5.41, 5.74) is 4.78. The van der Waals surface area contributed by atoms with Gasteiger partial charge in [-0.15, -0.1) is 0 Å². The highest BCUT2D eigenvalue weighted by Gasteiger charge is 2.24. The molecule has 43 heavy (non-hydrogen) atoms. The number of amides is 1. The number of aromatic nitrogens is 2. The van der Waals surface area contributed by atoms with Crippen LogP contribution < -0.4 is 25.4 Å². The number of benzene rings is 2. The third-order valence-corrected chi connectivity index (χ3v) is 8.14. The molecular formula is C33H37ClN6O3. The zero-order valence-electron chi connectivity index (χ0n) is 25.2. The van der Waals surface area contributed by atoms with E-state index >= 15 is 0 Å². The van der Waals surface area contributed by atoms with Crippen LogP contribution in [0, 0.1) is 6.92 Å². The van der Waals surface area contributed by atoms with Crippen molar-refractivity contribution in [3.63, 3.8) is 0 Å². The van der Waals surface area contributed by atoms with Gasteiger partial charge in [0, 0.05) is 46.7 Å². The van der Waals surface area contributed by atoms with Crippen LogP contribution in [0.15, 0.2) is 55.3 Å². The molecule has 9 nitrogen and oxygen atoms in total. The first-order valence-corrected chi connectivity index (χ1v) is 14.6. The Hall–Kier alpha value is -4.34. The number of likely N-dealkylation sites (N-methyl/N-ethyl adjacent to an activating group) is 1. The quantitative estimate of drug-likeness (QED) is 0.170. The number of methoxy groups -OCH3 is 2. The van der Waals surface area contributed by atoms with Crippen molar-refractivity contribution in [1.29, 1.82) is 0 Å². The van der Waals surface area contributed by atoms with Crippen LogP contribution in [-0.2, 0) is 11.2 Å². The molecule has 224 valence electrons. The molecule has 1 unspecified atom stereocenters. The average Bonchev–Trinajstić information content (AvgIpc) is 3.42. The molecule has 4 aromatic rings. The third-order valence-electron chi connectivity index (χ3n) is 7.76. The van der Waals surface area contributed by atoms with Crippen molar-refractivity contribution in [2.24, 2.45) is 0 Å². The Labute approximate surface area is 257 Å². The predicted octanol–water partition coefficient (Wildman–Crippen LogP) is 6.82. The molecule has 0 bridgehead atoms. The van der Waals surface area contributed by atoms with Gasteiger partial charge in [-0.1, -0.05) is 37.2 Å². The van der Waals surface area contributed by atoms with Gasteiger partial charge in [0.15, 0.2) is 0 Å². The molecule has 1 atom stereocenters. The van der Waals surface area contributed by atoms with Crippen molar-refractivity contribution in [3.05, 3.63) is 71.4 Å². The summed E-state index contributed by atoms with van der Waals surface area (Å²) in [5.74, 6) is 2.29. The number of ether oxygens (including phenoxy) is 2. The number of hydrogen-bond acceptors (Lipinski definition) is 8. The lowest BCUT2D eigenvalue weighted by Gasteiger charge is -2.20. The summed E-state index contributed by atoms with van der Waals surface area (Å²) in [6.07, 6.45) is 4.77. The minimum absolute atomic E-state index is 0.235. The van der Waals surface area contributed by atoms with E-state index < -0.39 is 0 Å². The molecule has 3 N–H and O–H groups in total. The van der Waals surface area contributed by atoms with Crippen molar-refractivity contribution in [2.75, 3.05) is 50.3 Å². The maximum atomic E-state index is 12.1. The van der Waals surface area contributed by atoms with Crippen LogP contribution in [0.5, 0.6) is 11.5 Å². The third kappa shape index (κ3) is 6.23. The SMILES string of the molecule is C=CC(=O)Nc1cccc(C)c1Nc1cc2c(NC3CCN(C)C3)nc(-c3c(Cl)c(OC)cc(OC)c3CC)cc2cn1. The number of hydrogen-bond donors (Lipinski definition) is 3. The molecule has 1 fully saturated rings. The van der Waals surface area contributed by atoms with E-state index in [1.54, 1.807) is 14.2 Å². The van der Waals surface area contributed by atoms with Gasteiger partial charge in [0.1, 0.15) is 23.1 Å². The van der Waals surface area contributed by atoms with Gasteiger partial charge in [-0.3, -0.25) is 4.79 Å². The number of pyridine rings is 2. The molecule has 2 aromatic carbocycles. The van der Waals surface area contributed by atoms with Gasteiger partial charge >= 0.3 is 0 Å². The lowest BCUT2D eigenvalue weighted by atomic mass is 9.98. The molecule has 1 saturated heterocycles. The van der Waals surface area contributed by atoms with Gasteiger partial charge in [0.2, 0.25) is 5.91 Å². The second kappa shape index (κ2) is 12.9. The van der Waals surface area contributed by atoms with Crippen LogP contribution in [0.25, 0.3) is 22.0 Å². The topological polar surface area (TPSA) is 101 Å². The number of aryl methyl sites for hydroxylation is 1. The van der Waals surface area contributed by atoms with Crippen LogP contribution >= 0.6 is 11.6 Å². The molecule has 0 spiro atoms. The Morgan fingerprint density at radius 2 is 2.00 bits per heavy atom. The highest BCUT2D eigenvalue weighted by Crippen LogP contribution is 2.44. The van der Waals surface area contributed by atoms with Gasteiger partial charge in [-0.25, -0.2) is 9.97 Å². The summed E-state index contributed by atoms with van der Waals surface area (Å²) in [4.78, 5) is 24.3. The molecule has 0 radical (unpaired) electrons. The van der Waals surface area contributed by atoms with Crippen LogP contribution in [-0.4, -0.2) is 61.2 Å². The Kier molecular flexibility index (Phi) is 9.03. The molecule has 3 heterocycles. The fourth-order valence-corrected chi connectivity index (χ4v) is 5.89. The number of halogens is 1. The second-order valence-corrected chi connectivity index (χ2v) is 11.0. The second-order valence-electron chi connectivity index (χ2n) is 10.7. The Morgan fingerprint density at radius 3 is 2.67 bits per heavy atom. The number of likely N-dealkylation sites (tertiary alicyclic amines) is 1. The number of carbonyl (C=O) groups excluding carboxylic acids is 1. The Balaban J connectivity index is 1.65. The van der Waals surface area contributed by atoms with E-state index in [0.29, 0.717) is 40.1 Å².